The van der Waals surface area contributed by atoms with Crippen LogP contribution in [0.25, 0.3) is 0 Å². The maximum atomic E-state index is 14.8. The van der Waals surface area contributed by atoms with Gasteiger partial charge in [0.1, 0.15) is 25.0 Å². The van der Waals surface area contributed by atoms with Gasteiger partial charge >= 0.3 is 0 Å². The second-order valence-corrected chi connectivity index (χ2v) is 5.95. The number of benzene rings is 1. The summed E-state index contributed by atoms with van der Waals surface area (Å²) in [5, 5.41) is 11.1. The number of aliphatic imine (C=N–C) groups is 1. The Morgan fingerprint density at radius 3 is 2.86 bits per heavy atom. The molecule has 0 saturated carbocycles. The highest BCUT2D eigenvalue weighted by Gasteiger charge is 2.42. The lowest BCUT2D eigenvalue weighted by molar-refractivity contribution is 0.0496. The third kappa shape index (κ3) is 3.65. The van der Waals surface area contributed by atoms with Crippen LogP contribution in [0.2, 0.25) is 0 Å². The van der Waals surface area contributed by atoms with E-state index in [0.29, 0.717) is 0 Å². The highest BCUT2D eigenvalue weighted by atomic mass is 19.2. The number of nitrogens with one attached hydrogen (secondary N) is 1. The van der Waals surface area contributed by atoms with Crippen LogP contribution in [0.5, 0.6) is 0 Å². The number of hydrogen-bond donors (Lipinski definition) is 2. The van der Waals surface area contributed by atoms with Gasteiger partial charge in [0.15, 0.2) is 5.82 Å². The first kappa shape index (κ1) is 19.3. The minimum Gasteiger partial charge on any atom is -0.475 e. The molecular formula is C18H14F3N5O2. The van der Waals surface area contributed by atoms with Gasteiger partial charge in [-0.3, -0.25) is 4.79 Å². The monoisotopic (exact) mass is 389 g/mol. The zero-order chi connectivity index (χ0) is 20.3. The maximum Gasteiger partial charge on any atom is 0.274 e. The van der Waals surface area contributed by atoms with Crippen LogP contribution in [0, 0.1) is 17.1 Å². The van der Waals surface area contributed by atoms with E-state index in [-0.39, 0.29) is 29.1 Å². The first-order valence-corrected chi connectivity index (χ1v) is 8.07. The Morgan fingerprint density at radius 2 is 2.21 bits per heavy atom. The lowest BCUT2D eigenvalue weighted by Crippen LogP contribution is -2.52. The van der Waals surface area contributed by atoms with Crippen LogP contribution < -0.4 is 11.1 Å². The van der Waals surface area contributed by atoms with Gasteiger partial charge in [-0.05, 0) is 24.3 Å². The lowest BCUT2D eigenvalue weighted by Gasteiger charge is -2.30. The molecule has 0 fully saturated rings. The van der Waals surface area contributed by atoms with E-state index in [1.807, 2.05) is 6.07 Å². The Morgan fingerprint density at radius 1 is 1.43 bits per heavy atom. The summed E-state index contributed by atoms with van der Waals surface area (Å²) in [6.07, 6.45) is 1.20. The largest absolute Gasteiger partial charge is 0.475 e. The van der Waals surface area contributed by atoms with Gasteiger partial charge in [0.25, 0.3) is 5.91 Å². The fourth-order valence-electron chi connectivity index (χ4n) is 2.42. The standard InChI is InChI=1S/C18H14F3N5O2/c19-9-18(21)14(23)8-28-17(26-18)11-2-1-3-12(15(11)20)25-16(27)13-5-4-10(6-22)7-24-13/h1-5,7,14H,8-9,23H2,(H,25,27)/t14-,18+/m1/s1. The SMILES string of the molecule is N#Cc1ccc(C(=O)Nc2cccc(C3=N[C@@](F)(CF)[C@H](N)CO3)c2F)nc1. The summed E-state index contributed by atoms with van der Waals surface area (Å²) in [4.78, 5) is 19.5. The number of nitrogens with two attached hydrogens (primary N) is 1. The average Bonchev–Trinajstić information content (AvgIpc) is 2.71. The number of pyridine rings is 1. The lowest BCUT2D eigenvalue weighted by atomic mass is 10.1. The van der Waals surface area contributed by atoms with Gasteiger partial charge in [0.2, 0.25) is 11.7 Å². The molecule has 0 aliphatic carbocycles. The third-order valence-corrected chi connectivity index (χ3v) is 4.05. The Labute approximate surface area is 157 Å². The van der Waals surface area contributed by atoms with Crippen LogP contribution in [0.1, 0.15) is 21.6 Å². The van der Waals surface area contributed by atoms with E-state index < -0.39 is 36.1 Å². The van der Waals surface area contributed by atoms with E-state index in [9.17, 15) is 18.0 Å². The summed E-state index contributed by atoms with van der Waals surface area (Å²) < 4.78 is 47.3. The van der Waals surface area contributed by atoms with Crippen molar-refractivity contribution < 1.29 is 22.7 Å². The van der Waals surface area contributed by atoms with Gasteiger partial charge in [0.05, 0.1) is 22.9 Å². The number of amides is 1. The first-order valence-electron chi connectivity index (χ1n) is 8.07. The van der Waals surface area contributed by atoms with Crippen LogP contribution in [0.4, 0.5) is 18.9 Å². The number of nitrogens with zero attached hydrogens (tertiary/aromatic N) is 3. The van der Waals surface area contributed by atoms with Crippen LogP contribution in [0.15, 0.2) is 41.5 Å². The normalized spacial score (nSPS) is 21.2. The number of nitriles is 1. The third-order valence-electron chi connectivity index (χ3n) is 4.05. The Balaban J connectivity index is 1.88. The molecule has 0 spiro atoms. The molecule has 2 heterocycles. The molecule has 1 aliphatic heterocycles. The Hall–Kier alpha value is -3.45. The van der Waals surface area contributed by atoms with Crippen LogP contribution in [-0.4, -0.2) is 41.9 Å². The van der Waals surface area contributed by atoms with Crippen LogP contribution >= 0.6 is 0 Å². The van der Waals surface area contributed by atoms with E-state index in [0.717, 1.165) is 0 Å². The molecule has 0 bridgehead atoms. The number of hydrogen-bond acceptors (Lipinski definition) is 6. The number of rotatable bonds is 4. The molecule has 2 aromatic rings. The molecule has 0 saturated heterocycles. The van der Waals surface area contributed by atoms with E-state index in [2.05, 4.69) is 15.3 Å². The molecular weight excluding hydrogens is 375 g/mol. The van der Waals surface area contributed by atoms with E-state index in [1.165, 1.54) is 36.5 Å². The smallest absolute Gasteiger partial charge is 0.274 e. The van der Waals surface area contributed by atoms with E-state index >= 15 is 0 Å². The number of alkyl halides is 2. The number of aromatic nitrogens is 1. The summed E-state index contributed by atoms with van der Waals surface area (Å²) in [6.45, 7) is -1.87. The second kappa shape index (κ2) is 7.66. The Bertz CT molecular complexity index is 974. The van der Waals surface area contributed by atoms with Gasteiger partial charge < -0.3 is 15.8 Å². The van der Waals surface area contributed by atoms with Gasteiger partial charge in [-0.2, -0.15) is 5.26 Å². The van der Waals surface area contributed by atoms with Gasteiger partial charge in [0, 0.05) is 6.20 Å². The second-order valence-electron chi connectivity index (χ2n) is 5.95. The molecule has 1 aromatic heterocycles. The molecule has 2 atom stereocenters. The summed E-state index contributed by atoms with van der Waals surface area (Å²) >= 11 is 0. The molecule has 28 heavy (non-hydrogen) atoms. The molecule has 1 amide bonds. The van der Waals surface area contributed by atoms with Crippen molar-refractivity contribution in [3.8, 4) is 6.07 Å². The molecule has 0 radical (unpaired) electrons. The summed E-state index contributed by atoms with van der Waals surface area (Å²) in [5.41, 5.74) is 5.19. The molecule has 7 nitrogen and oxygen atoms in total. The zero-order valence-electron chi connectivity index (χ0n) is 14.3. The Kier molecular flexibility index (Phi) is 5.28. The predicted molar refractivity (Wildman–Crippen MR) is 93.6 cm³/mol. The van der Waals surface area contributed by atoms with Crippen LogP contribution in [0.3, 0.4) is 0 Å². The van der Waals surface area contributed by atoms with Crippen molar-refractivity contribution in [2.45, 2.75) is 11.8 Å². The average molecular weight is 389 g/mol. The molecule has 10 heteroatoms. The van der Waals surface area contributed by atoms with Gasteiger partial charge in [-0.25, -0.2) is 23.1 Å². The number of halogens is 3. The summed E-state index contributed by atoms with van der Waals surface area (Å²) in [6, 6.07) is 7.14. The van der Waals surface area contributed by atoms with E-state index in [1.54, 1.807) is 0 Å². The fourth-order valence-corrected chi connectivity index (χ4v) is 2.42. The van der Waals surface area contributed by atoms with Crippen LogP contribution in [-0.2, 0) is 4.74 Å². The molecule has 144 valence electrons. The minimum absolute atomic E-state index is 0.0405. The number of ether oxygens (including phenoxy) is 1. The molecule has 3 rings (SSSR count). The first-order chi connectivity index (χ1) is 13.4. The quantitative estimate of drug-likeness (QED) is 0.778. The summed E-state index contributed by atoms with van der Waals surface area (Å²) in [7, 11) is 0. The number of anilines is 1. The fraction of sp³-hybridized carbons (Fsp3) is 0.222. The van der Waals surface area contributed by atoms with Crippen molar-refractivity contribution >= 4 is 17.5 Å². The molecule has 0 unspecified atom stereocenters. The van der Waals surface area contributed by atoms with Gasteiger partial charge in [-0.15, -0.1) is 0 Å². The minimum atomic E-state index is -2.72. The topological polar surface area (TPSA) is 113 Å². The van der Waals surface area contributed by atoms with Crippen molar-refractivity contribution in [3.05, 3.63) is 59.2 Å². The number of carbonyl (C=O) groups excluding carboxylic acids is 1. The molecule has 1 aliphatic rings. The maximum absolute atomic E-state index is 14.8. The van der Waals surface area contributed by atoms with Crippen molar-refractivity contribution in [1.29, 1.82) is 5.26 Å². The highest BCUT2D eigenvalue weighted by Crippen LogP contribution is 2.27. The molecule has 3 N–H and O–H groups in total. The highest BCUT2D eigenvalue weighted by molar-refractivity contribution is 6.04. The zero-order valence-corrected chi connectivity index (χ0v) is 14.3. The van der Waals surface area contributed by atoms with Gasteiger partial charge in [-0.1, -0.05) is 6.07 Å². The summed E-state index contributed by atoms with van der Waals surface area (Å²) in [5.74, 6) is -4.84. The predicted octanol–water partition coefficient (Wildman–Crippen LogP) is 2.08. The van der Waals surface area contributed by atoms with Crippen molar-refractivity contribution in [2.75, 3.05) is 18.6 Å². The van der Waals surface area contributed by atoms with Crippen molar-refractivity contribution in [3.63, 3.8) is 0 Å². The van der Waals surface area contributed by atoms with Crippen molar-refractivity contribution in [2.24, 2.45) is 10.7 Å². The molecule has 1 aromatic carbocycles. The number of carbonyl (C=O) groups is 1. The van der Waals surface area contributed by atoms with Crippen molar-refractivity contribution in [1.82, 2.24) is 4.98 Å². The van der Waals surface area contributed by atoms with E-state index in [4.69, 9.17) is 15.7 Å².